The minimum atomic E-state index is -0.426. The van der Waals surface area contributed by atoms with Gasteiger partial charge in [0.25, 0.3) is 11.6 Å². The number of nitro groups is 1. The third-order valence-corrected chi connectivity index (χ3v) is 4.71. The summed E-state index contributed by atoms with van der Waals surface area (Å²) in [6, 6.07) is 17.5. The van der Waals surface area contributed by atoms with Crippen LogP contribution < -0.4 is 10.6 Å². The third-order valence-electron chi connectivity index (χ3n) is 4.71. The van der Waals surface area contributed by atoms with Crippen molar-refractivity contribution in [3.63, 3.8) is 0 Å². The van der Waals surface area contributed by atoms with Crippen LogP contribution in [0.5, 0.6) is 0 Å². The molecule has 2 aromatic carbocycles. The van der Waals surface area contributed by atoms with E-state index in [9.17, 15) is 14.9 Å². The minimum Gasteiger partial charge on any atom is -0.379 e. The number of anilines is 2. The van der Waals surface area contributed by atoms with Gasteiger partial charge in [0.05, 0.1) is 23.4 Å². The number of nitro benzene ring substituents is 1. The van der Waals surface area contributed by atoms with Crippen LogP contribution in [-0.4, -0.2) is 20.8 Å². The van der Waals surface area contributed by atoms with E-state index in [2.05, 4.69) is 20.6 Å². The number of aryl methyl sites for hydroxylation is 1. The third kappa shape index (κ3) is 4.12. The zero-order valence-corrected chi connectivity index (χ0v) is 16.2. The van der Waals surface area contributed by atoms with Crippen molar-refractivity contribution in [3.05, 3.63) is 93.8 Å². The number of aromatic nitrogens is 2. The molecule has 30 heavy (non-hydrogen) atoms. The van der Waals surface area contributed by atoms with Gasteiger partial charge in [0.2, 0.25) is 0 Å². The van der Waals surface area contributed by atoms with Gasteiger partial charge in [-0.05, 0) is 36.8 Å². The molecule has 150 valence electrons. The molecule has 0 radical (unpaired) electrons. The fraction of sp³-hybridized carbons (Fsp3) is 0.0909. The number of carbonyl (C=O) groups is 1. The van der Waals surface area contributed by atoms with E-state index in [1.165, 1.54) is 12.1 Å². The van der Waals surface area contributed by atoms with E-state index < -0.39 is 4.92 Å². The van der Waals surface area contributed by atoms with Crippen molar-refractivity contribution < 1.29 is 9.72 Å². The summed E-state index contributed by atoms with van der Waals surface area (Å²) in [7, 11) is 0. The lowest BCUT2D eigenvalue weighted by atomic mass is 10.1. The highest BCUT2D eigenvalue weighted by atomic mass is 16.6. The van der Waals surface area contributed by atoms with Gasteiger partial charge >= 0.3 is 0 Å². The van der Waals surface area contributed by atoms with Crippen LogP contribution in [0.4, 0.5) is 17.1 Å². The molecule has 0 spiro atoms. The Hall–Kier alpha value is -4.20. The normalized spacial score (nSPS) is 10.7. The summed E-state index contributed by atoms with van der Waals surface area (Å²) in [6.45, 7) is 2.34. The standard InChI is InChI=1S/C22H19N5O3/c1-14-5-2-3-8-20(14)22(28)26-18-10-15-9-17(25-21(15)24-13-18)12-23-16-6-4-7-19(11-16)27(29)30/h2-11,13,23H,12H2,1H3,(H,24,25)(H,26,28). The molecule has 0 aliphatic heterocycles. The van der Waals surface area contributed by atoms with Crippen LogP contribution in [0.25, 0.3) is 11.0 Å². The lowest BCUT2D eigenvalue weighted by Gasteiger charge is -2.07. The monoisotopic (exact) mass is 401 g/mol. The molecule has 0 aliphatic carbocycles. The Morgan fingerprint density at radius 3 is 2.73 bits per heavy atom. The van der Waals surface area contributed by atoms with Gasteiger partial charge in [-0.1, -0.05) is 24.3 Å². The molecule has 0 fully saturated rings. The Labute approximate surface area is 172 Å². The zero-order chi connectivity index (χ0) is 21.1. The van der Waals surface area contributed by atoms with Gasteiger partial charge in [-0.2, -0.15) is 0 Å². The highest BCUT2D eigenvalue weighted by molar-refractivity contribution is 6.05. The maximum Gasteiger partial charge on any atom is 0.271 e. The molecule has 1 amide bonds. The molecular weight excluding hydrogens is 382 g/mol. The summed E-state index contributed by atoms with van der Waals surface area (Å²) >= 11 is 0. The van der Waals surface area contributed by atoms with E-state index in [0.29, 0.717) is 29.1 Å². The summed E-state index contributed by atoms with van der Waals surface area (Å²) in [5.41, 5.74) is 4.38. The fourth-order valence-electron chi connectivity index (χ4n) is 3.19. The number of nitrogens with one attached hydrogen (secondary N) is 3. The van der Waals surface area contributed by atoms with E-state index in [1.807, 2.05) is 37.3 Å². The van der Waals surface area contributed by atoms with E-state index in [1.54, 1.807) is 24.4 Å². The number of benzene rings is 2. The second-order valence-electron chi connectivity index (χ2n) is 6.89. The van der Waals surface area contributed by atoms with Crippen LogP contribution in [0.15, 0.2) is 66.9 Å². The van der Waals surface area contributed by atoms with Gasteiger partial charge in [0.1, 0.15) is 5.65 Å². The quantitative estimate of drug-likeness (QED) is 0.322. The smallest absolute Gasteiger partial charge is 0.271 e. The van der Waals surface area contributed by atoms with Gasteiger partial charge in [-0.25, -0.2) is 4.98 Å². The fourth-order valence-corrected chi connectivity index (χ4v) is 3.19. The second-order valence-corrected chi connectivity index (χ2v) is 6.89. The molecule has 0 bridgehead atoms. The lowest BCUT2D eigenvalue weighted by Crippen LogP contribution is -2.13. The van der Waals surface area contributed by atoms with Crippen LogP contribution in [-0.2, 0) is 6.54 Å². The van der Waals surface area contributed by atoms with Gasteiger partial charge in [0, 0.05) is 34.5 Å². The zero-order valence-electron chi connectivity index (χ0n) is 16.2. The number of hydrogen-bond acceptors (Lipinski definition) is 5. The Kier molecular flexibility index (Phi) is 5.13. The molecule has 0 saturated heterocycles. The topological polar surface area (TPSA) is 113 Å². The van der Waals surface area contributed by atoms with Crippen molar-refractivity contribution in [1.29, 1.82) is 0 Å². The molecule has 2 aromatic heterocycles. The molecule has 8 heteroatoms. The molecule has 4 rings (SSSR count). The molecule has 8 nitrogen and oxygen atoms in total. The highest BCUT2D eigenvalue weighted by Crippen LogP contribution is 2.21. The van der Waals surface area contributed by atoms with Gasteiger partial charge in [0.15, 0.2) is 0 Å². The number of pyridine rings is 1. The molecule has 3 N–H and O–H groups in total. The van der Waals surface area contributed by atoms with Crippen LogP contribution >= 0.6 is 0 Å². The summed E-state index contributed by atoms with van der Waals surface area (Å²) in [5.74, 6) is -0.183. The number of amides is 1. The minimum absolute atomic E-state index is 0.0346. The highest BCUT2D eigenvalue weighted by Gasteiger charge is 2.10. The molecule has 2 heterocycles. The van der Waals surface area contributed by atoms with Crippen molar-refractivity contribution in [3.8, 4) is 0 Å². The van der Waals surface area contributed by atoms with Gasteiger partial charge in [-0.3, -0.25) is 14.9 Å². The van der Waals surface area contributed by atoms with E-state index >= 15 is 0 Å². The number of hydrogen-bond donors (Lipinski definition) is 3. The van der Waals surface area contributed by atoms with Crippen LogP contribution in [0.3, 0.4) is 0 Å². The molecule has 0 unspecified atom stereocenters. The second kappa shape index (κ2) is 8.04. The first-order valence-corrected chi connectivity index (χ1v) is 9.32. The number of rotatable bonds is 6. The van der Waals surface area contributed by atoms with Crippen LogP contribution in [0.1, 0.15) is 21.6 Å². The number of nitrogens with zero attached hydrogens (tertiary/aromatic N) is 2. The molecule has 0 saturated carbocycles. The van der Waals surface area contributed by atoms with Gasteiger partial charge < -0.3 is 15.6 Å². The first kappa shape index (κ1) is 19.1. The predicted octanol–water partition coefficient (Wildman–Crippen LogP) is 4.64. The summed E-state index contributed by atoms with van der Waals surface area (Å²) in [4.78, 5) is 30.6. The van der Waals surface area contributed by atoms with Crippen molar-refractivity contribution in [1.82, 2.24) is 9.97 Å². The van der Waals surface area contributed by atoms with Crippen molar-refractivity contribution in [2.75, 3.05) is 10.6 Å². The van der Waals surface area contributed by atoms with E-state index in [0.717, 1.165) is 16.6 Å². The van der Waals surface area contributed by atoms with Gasteiger partial charge in [-0.15, -0.1) is 0 Å². The first-order valence-electron chi connectivity index (χ1n) is 9.32. The van der Waals surface area contributed by atoms with Crippen molar-refractivity contribution in [2.24, 2.45) is 0 Å². The number of carbonyl (C=O) groups excluding carboxylic acids is 1. The molecule has 4 aromatic rings. The van der Waals surface area contributed by atoms with Crippen LogP contribution in [0.2, 0.25) is 0 Å². The van der Waals surface area contributed by atoms with E-state index in [-0.39, 0.29) is 11.6 Å². The lowest BCUT2D eigenvalue weighted by molar-refractivity contribution is -0.384. The summed E-state index contributed by atoms with van der Waals surface area (Å²) in [5, 5.41) is 17.8. The van der Waals surface area contributed by atoms with Crippen molar-refractivity contribution >= 4 is 34.0 Å². The SMILES string of the molecule is Cc1ccccc1C(=O)Nc1cnc2[nH]c(CNc3cccc([N+](=O)[O-])c3)cc2c1. The predicted molar refractivity (Wildman–Crippen MR) is 116 cm³/mol. The molecule has 0 atom stereocenters. The Bertz CT molecular complexity index is 1250. The summed E-state index contributed by atoms with van der Waals surface area (Å²) < 4.78 is 0. The number of non-ortho nitro benzene ring substituents is 1. The Balaban J connectivity index is 1.47. The maximum atomic E-state index is 12.5. The van der Waals surface area contributed by atoms with E-state index in [4.69, 9.17) is 0 Å². The molecule has 0 aliphatic rings. The number of fused-ring (bicyclic) bond motifs is 1. The first-order chi connectivity index (χ1) is 14.5. The number of aromatic amines is 1. The number of H-pyrrole nitrogens is 1. The Morgan fingerprint density at radius 1 is 1.10 bits per heavy atom. The average molecular weight is 401 g/mol. The maximum absolute atomic E-state index is 12.5. The van der Waals surface area contributed by atoms with Crippen LogP contribution in [0, 0.1) is 17.0 Å². The van der Waals surface area contributed by atoms with Crippen molar-refractivity contribution in [2.45, 2.75) is 13.5 Å². The molecular formula is C22H19N5O3. The Morgan fingerprint density at radius 2 is 1.93 bits per heavy atom. The largest absolute Gasteiger partial charge is 0.379 e. The summed E-state index contributed by atoms with van der Waals surface area (Å²) in [6.07, 6.45) is 1.60. The average Bonchev–Trinajstić information content (AvgIpc) is 3.15.